The minimum absolute atomic E-state index is 0.158. The molecule has 82 valence electrons. The molecule has 1 nitrogen and oxygen atoms in total. The van der Waals surface area contributed by atoms with Gasteiger partial charge in [0.25, 0.3) is 0 Å². The predicted molar refractivity (Wildman–Crippen MR) is 64.8 cm³/mol. The quantitative estimate of drug-likeness (QED) is 0.735. The van der Waals surface area contributed by atoms with E-state index >= 15 is 0 Å². The van der Waals surface area contributed by atoms with Crippen LogP contribution in [0, 0.1) is 17.3 Å². The summed E-state index contributed by atoms with van der Waals surface area (Å²) in [5.41, 5.74) is 1.38. The Morgan fingerprint density at radius 3 is 2.69 bits per heavy atom. The maximum absolute atomic E-state index is 11.6. The SMILES string of the molecule is C[C@]1(/C=C/c2ccccc2)[C@@H]2C(=O)CC[C@@H]21. The average Bonchev–Trinajstić information content (AvgIpc) is 2.66. The second-order valence-corrected chi connectivity index (χ2v) is 5.20. The topological polar surface area (TPSA) is 17.1 Å². The van der Waals surface area contributed by atoms with Crippen LogP contribution < -0.4 is 0 Å². The van der Waals surface area contributed by atoms with Gasteiger partial charge in [0.1, 0.15) is 5.78 Å². The molecule has 0 unspecified atom stereocenters. The third-order valence-electron chi connectivity index (χ3n) is 4.25. The monoisotopic (exact) mass is 212 g/mol. The number of rotatable bonds is 2. The van der Waals surface area contributed by atoms with E-state index in [0.29, 0.717) is 17.6 Å². The van der Waals surface area contributed by atoms with E-state index < -0.39 is 0 Å². The number of hydrogen-bond acceptors (Lipinski definition) is 1. The van der Waals surface area contributed by atoms with Gasteiger partial charge in [-0.2, -0.15) is 0 Å². The van der Waals surface area contributed by atoms with Gasteiger partial charge in [-0.15, -0.1) is 0 Å². The zero-order valence-electron chi connectivity index (χ0n) is 9.52. The number of carbonyl (C=O) groups excluding carboxylic acids is 1. The molecule has 0 aliphatic heterocycles. The summed E-state index contributed by atoms with van der Waals surface area (Å²) in [6, 6.07) is 10.3. The van der Waals surface area contributed by atoms with Crippen LogP contribution in [0.2, 0.25) is 0 Å². The van der Waals surface area contributed by atoms with E-state index in [1.807, 2.05) is 18.2 Å². The van der Waals surface area contributed by atoms with Crippen molar-refractivity contribution in [2.24, 2.45) is 17.3 Å². The first-order valence-corrected chi connectivity index (χ1v) is 5.99. The van der Waals surface area contributed by atoms with Crippen molar-refractivity contribution in [3.8, 4) is 0 Å². The van der Waals surface area contributed by atoms with Crippen molar-refractivity contribution in [2.75, 3.05) is 0 Å². The molecule has 0 radical (unpaired) electrons. The Bertz CT molecular complexity index is 446. The average molecular weight is 212 g/mol. The predicted octanol–water partition coefficient (Wildman–Crippen LogP) is 3.32. The fourth-order valence-corrected chi connectivity index (χ4v) is 3.19. The van der Waals surface area contributed by atoms with E-state index in [4.69, 9.17) is 0 Å². The van der Waals surface area contributed by atoms with E-state index in [9.17, 15) is 4.79 Å². The minimum atomic E-state index is 0.158. The fraction of sp³-hybridized carbons (Fsp3) is 0.400. The lowest BCUT2D eigenvalue weighted by Gasteiger charge is -2.08. The van der Waals surface area contributed by atoms with Crippen LogP contribution in [0.15, 0.2) is 36.4 Å². The van der Waals surface area contributed by atoms with E-state index in [1.165, 1.54) is 5.56 Å². The van der Waals surface area contributed by atoms with E-state index in [-0.39, 0.29) is 5.41 Å². The van der Waals surface area contributed by atoms with Crippen molar-refractivity contribution in [3.05, 3.63) is 42.0 Å². The van der Waals surface area contributed by atoms with Crippen LogP contribution in [-0.4, -0.2) is 5.78 Å². The minimum Gasteiger partial charge on any atom is -0.299 e. The molecule has 0 N–H and O–H groups in total. The third-order valence-corrected chi connectivity index (χ3v) is 4.25. The number of Topliss-reactive ketones (excluding diaryl/α,β-unsaturated/α-hetero) is 1. The number of ketones is 1. The summed E-state index contributed by atoms with van der Waals surface area (Å²) in [5, 5.41) is 0. The first-order valence-electron chi connectivity index (χ1n) is 5.99. The highest BCUT2D eigenvalue weighted by atomic mass is 16.1. The number of benzene rings is 1. The summed E-state index contributed by atoms with van der Waals surface area (Å²) < 4.78 is 0. The van der Waals surface area contributed by atoms with Crippen LogP contribution in [0.5, 0.6) is 0 Å². The van der Waals surface area contributed by atoms with Gasteiger partial charge < -0.3 is 0 Å². The fourth-order valence-electron chi connectivity index (χ4n) is 3.19. The van der Waals surface area contributed by atoms with Crippen LogP contribution in [0.1, 0.15) is 25.3 Å². The number of hydrogen-bond donors (Lipinski definition) is 0. The Hall–Kier alpha value is -1.37. The Morgan fingerprint density at radius 1 is 1.31 bits per heavy atom. The molecule has 0 aromatic heterocycles. The second kappa shape index (κ2) is 3.31. The highest BCUT2D eigenvalue weighted by Crippen LogP contribution is 2.66. The van der Waals surface area contributed by atoms with Crippen LogP contribution in [0.25, 0.3) is 6.08 Å². The number of allylic oxidation sites excluding steroid dienone is 1. The van der Waals surface area contributed by atoms with Crippen molar-refractivity contribution < 1.29 is 4.79 Å². The molecule has 0 bridgehead atoms. The highest BCUT2D eigenvalue weighted by molar-refractivity contribution is 5.89. The third kappa shape index (κ3) is 1.35. The molecule has 1 aromatic rings. The lowest BCUT2D eigenvalue weighted by molar-refractivity contribution is -0.119. The Morgan fingerprint density at radius 2 is 2.06 bits per heavy atom. The van der Waals surface area contributed by atoms with Crippen molar-refractivity contribution >= 4 is 11.9 Å². The smallest absolute Gasteiger partial charge is 0.137 e. The summed E-state index contributed by atoms with van der Waals surface area (Å²) in [4.78, 5) is 11.6. The van der Waals surface area contributed by atoms with Crippen molar-refractivity contribution in [1.82, 2.24) is 0 Å². The first-order chi connectivity index (χ1) is 7.72. The highest BCUT2D eigenvalue weighted by Gasteiger charge is 2.65. The molecule has 16 heavy (non-hydrogen) atoms. The van der Waals surface area contributed by atoms with Crippen molar-refractivity contribution in [2.45, 2.75) is 19.8 Å². The van der Waals surface area contributed by atoms with Gasteiger partial charge in [-0.05, 0) is 23.3 Å². The van der Waals surface area contributed by atoms with Crippen molar-refractivity contribution in [1.29, 1.82) is 0 Å². The number of carbonyl (C=O) groups is 1. The second-order valence-electron chi connectivity index (χ2n) is 5.20. The van der Waals surface area contributed by atoms with Gasteiger partial charge in [0.15, 0.2) is 0 Å². The van der Waals surface area contributed by atoms with Gasteiger partial charge in [0.05, 0.1) is 0 Å². The molecule has 2 aliphatic carbocycles. The van der Waals surface area contributed by atoms with Crippen molar-refractivity contribution in [3.63, 3.8) is 0 Å². The molecule has 1 aromatic carbocycles. The largest absolute Gasteiger partial charge is 0.299 e. The molecule has 3 rings (SSSR count). The van der Waals surface area contributed by atoms with Gasteiger partial charge in [-0.25, -0.2) is 0 Å². The Labute approximate surface area is 96.2 Å². The van der Waals surface area contributed by atoms with Crippen LogP contribution in [-0.2, 0) is 4.79 Å². The molecule has 0 spiro atoms. The molecule has 0 amide bonds. The van der Waals surface area contributed by atoms with E-state index in [1.54, 1.807) is 0 Å². The molecule has 2 fully saturated rings. The molecular weight excluding hydrogens is 196 g/mol. The van der Waals surface area contributed by atoms with E-state index in [0.717, 1.165) is 12.8 Å². The molecule has 2 aliphatic rings. The molecule has 2 saturated carbocycles. The van der Waals surface area contributed by atoms with Gasteiger partial charge in [-0.1, -0.05) is 49.4 Å². The van der Waals surface area contributed by atoms with Gasteiger partial charge in [-0.3, -0.25) is 4.79 Å². The maximum Gasteiger partial charge on any atom is 0.137 e. The van der Waals surface area contributed by atoms with Crippen LogP contribution in [0.3, 0.4) is 0 Å². The molecule has 3 atom stereocenters. The Kier molecular flexibility index (Phi) is 2.03. The van der Waals surface area contributed by atoms with Crippen LogP contribution >= 0.6 is 0 Å². The summed E-state index contributed by atoms with van der Waals surface area (Å²) in [6.07, 6.45) is 6.31. The molecule has 0 heterocycles. The van der Waals surface area contributed by atoms with Gasteiger partial charge in [0, 0.05) is 12.3 Å². The summed E-state index contributed by atoms with van der Waals surface area (Å²) in [7, 11) is 0. The maximum atomic E-state index is 11.6. The summed E-state index contributed by atoms with van der Waals surface area (Å²) >= 11 is 0. The van der Waals surface area contributed by atoms with Gasteiger partial charge >= 0.3 is 0 Å². The molecule has 0 saturated heterocycles. The molecular formula is C15H16O. The standard InChI is InChI=1S/C15H16O/c1-15(12-7-8-13(16)14(12)15)10-9-11-5-3-2-4-6-11/h2-6,9-10,12,14H,7-8H2,1H3/b10-9+/t12-,14-,15+/m0/s1. The summed E-state index contributed by atoms with van der Waals surface area (Å²) in [5.74, 6) is 1.43. The zero-order valence-corrected chi connectivity index (χ0v) is 9.52. The van der Waals surface area contributed by atoms with E-state index in [2.05, 4.69) is 31.2 Å². The summed E-state index contributed by atoms with van der Waals surface area (Å²) in [6.45, 7) is 2.22. The van der Waals surface area contributed by atoms with Gasteiger partial charge in [0.2, 0.25) is 0 Å². The molecule has 1 heteroatoms. The number of fused-ring (bicyclic) bond motifs is 1. The zero-order chi connectivity index (χ0) is 11.2. The lowest BCUT2D eigenvalue weighted by Crippen LogP contribution is -2.06. The lowest BCUT2D eigenvalue weighted by atomic mass is 9.96. The first kappa shape index (κ1) is 9.83. The normalized spacial score (nSPS) is 36.7. The van der Waals surface area contributed by atoms with Crippen LogP contribution in [0.4, 0.5) is 0 Å². The Balaban J connectivity index is 1.78.